The zero-order valence-corrected chi connectivity index (χ0v) is 10.5. The number of carbonyl (C=O) groups is 1. The van der Waals surface area contributed by atoms with Gasteiger partial charge < -0.3 is 0 Å². The van der Waals surface area contributed by atoms with E-state index in [9.17, 15) is 4.79 Å². The third-order valence-corrected chi connectivity index (χ3v) is 2.98. The van der Waals surface area contributed by atoms with Gasteiger partial charge in [-0.25, -0.2) is 0 Å². The van der Waals surface area contributed by atoms with Gasteiger partial charge in [0.05, 0.1) is 22.7 Å². The lowest BCUT2D eigenvalue weighted by Gasteiger charge is -2.17. The van der Waals surface area contributed by atoms with Crippen molar-refractivity contribution >= 4 is 34.8 Å². The van der Waals surface area contributed by atoms with Crippen molar-refractivity contribution in [3.8, 4) is 0 Å². The molecule has 1 aromatic carbocycles. The van der Waals surface area contributed by atoms with Gasteiger partial charge in [-0.2, -0.15) is 5.06 Å². The molecular formula is C11H11Cl2NO2. The van der Waals surface area contributed by atoms with Gasteiger partial charge in [-0.1, -0.05) is 23.2 Å². The van der Waals surface area contributed by atoms with E-state index in [1.807, 2.05) is 13.8 Å². The molecule has 1 amide bonds. The van der Waals surface area contributed by atoms with E-state index >= 15 is 0 Å². The predicted molar refractivity (Wildman–Crippen MR) is 63.7 cm³/mol. The molecular weight excluding hydrogens is 249 g/mol. The fraction of sp³-hybridized carbons (Fsp3) is 0.364. The number of carbonyl (C=O) groups excluding carboxylic acids is 1. The SMILES string of the molecule is CC1(C)CON(c2ccc(Cl)cc2Cl)C1=O. The number of halogens is 2. The molecule has 0 spiro atoms. The lowest BCUT2D eigenvalue weighted by Crippen LogP contribution is -2.30. The lowest BCUT2D eigenvalue weighted by molar-refractivity contribution is -0.124. The summed E-state index contributed by atoms with van der Waals surface area (Å²) in [7, 11) is 0. The topological polar surface area (TPSA) is 29.5 Å². The Hall–Kier alpha value is -0.770. The molecule has 16 heavy (non-hydrogen) atoms. The van der Waals surface area contributed by atoms with Gasteiger partial charge in [-0.05, 0) is 32.0 Å². The first kappa shape index (κ1) is 11.7. The number of hydroxylamine groups is 1. The van der Waals surface area contributed by atoms with Crippen LogP contribution in [0.5, 0.6) is 0 Å². The quantitative estimate of drug-likeness (QED) is 0.775. The number of nitrogens with zero attached hydrogens (tertiary/aromatic N) is 1. The second kappa shape index (κ2) is 3.91. The molecule has 5 heteroatoms. The van der Waals surface area contributed by atoms with E-state index < -0.39 is 5.41 Å². The van der Waals surface area contributed by atoms with Crippen molar-refractivity contribution < 1.29 is 9.63 Å². The molecule has 86 valence electrons. The molecule has 0 bridgehead atoms. The van der Waals surface area contributed by atoms with E-state index in [4.69, 9.17) is 28.0 Å². The highest BCUT2D eigenvalue weighted by atomic mass is 35.5. The molecule has 3 nitrogen and oxygen atoms in total. The van der Waals surface area contributed by atoms with Crippen molar-refractivity contribution in [3.63, 3.8) is 0 Å². The van der Waals surface area contributed by atoms with Crippen LogP contribution in [-0.2, 0) is 9.63 Å². The summed E-state index contributed by atoms with van der Waals surface area (Å²) < 4.78 is 0. The summed E-state index contributed by atoms with van der Waals surface area (Å²) in [5.41, 5.74) is 0.0184. The normalized spacial score (nSPS) is 19.2. The maximum atomic E-state index is 12.0. The van der Waals surface area contributed by atoms with Gasteiger partial charge in [-0.3, -0.25) is 9.63 Å². The number of hydrogen-bond donors (Lipinski definition) is 0. The van der Waals surface area contributed by atoms with Crippen LogP contribution in [0.3, 0.4) is 0 Å². The molecule has 0 aliphatic carbocycles. The van der Waals surface area contributed by atoms with Gasteiger partial charge in [0.1, 0.15) is 0 Å². The molecule has 0 N–H and O–H groups in total. The van der Waals surface area contributed by atoms with Crippen molar-refractivity contribution in [3.05, 3.63) is 28.2 Å². The lowest BCUT2D eigenvalue weighted by atomic mass is 9.95. The van der Waals surface area contributed by atoms with Gasteiger partial charge in [-0.15, -0.1) is 0 Å². The Morgan fingerprint density at radius 1 is 1.38 bits per heavy atom. The van der Waals surface area contributed by atoms with Crippen molar-refractivity contribution in [2.45, 2.75) is 13.8 Å². The average molecular weight is 260 g/mol. The monoisotopic (exact) mass is 259 g/mol. The fourth-order valence-corrected chi connectivity index (χ4v) is 1.93. The minimum atomic E-state index is -0.511. The van der Waals surface area contributed by atoms with E-state index in [0.717, 1.165) is 0 Å². The summed E-state index contributed by atoms with van der Waals surface area (Å²) in [6.45, 7) is 4.02. The predicted octanol–water partition coefficient (Wildman–Crippen LogP) is 3.30. The van der Waals surface area contributed by atoms with Gasteiger partial charge in [0.15, 0.2) is 0 Å². The van der Waals surface area contributed by atoms with Crippen LogP contribution in [0, 0.1) is 5.41 Å². The van der Waals surface area contributed by atoms with Gasteiger partial charge in [0.2, 0.25) is 0 Å². The first-order valence-corrected chi connectivity index (χ1v) is 5.60. The van der Waals surface area contributed by atoms with Gasteiger partial charge in [0.25, 0.3) is 5.91 Å². The molecule has 1 fully saturated rings. The van der Waals surface area contributed by atoms with Crippen LogP contribution in [0.1, 0.15) is 13.8 Å². The van der Waals surface area contributed by atoms with Gasteiger partial charge >= 0.3 is 0 Å². The summed E-state index contributed by atoms with van der Waals surface area (Å²) >= 11 is 11.8. The van der Waals surface area contributed by atoms with Crippen molar-refractivity contribution in [1.82, 2.24) is 0 Å². The molecule has 0 aromatic heterocycles. The first-order valence-electron chi connectivity index (χ1n) is 4.84. The van der Waals surface area contributed by atoms with Crippen molar-refractivity contribution in [2.24, 2.45) is 5.41 Å². The molecule has 1 aliphatic rings. The number of amides is 1. The third-order valence-electron chi connectivity index (χ3n) is 2.45. The smallest absolute Gasteiger partial charge is 0.259 e. The summed E-state index contributed by atoms with van der Waals surface area (Å²) in [6.07, 6.45) is 0. The van der Waals surface area contributed by atoms with Crippen LogP contribution >= 0.6 is 23.2 Å². The average Bonchev–Trinajstić information content (AvgIpc) is 2.44. The van der Waals surface area contributed by atoms with Crippen molar-refractivity contribution in [2.75, 3.05) is 11.7 Å². The molecule has 2 rings (SSSR count). The molecule has 0 saturated carbocycles. The maximum Gasteiger partial charge on any atom is 0.259 e. The number of anilines is 1. The number of rotatable bonds is 1. The molecule has 0 unspecified atom stereocenters. The Kier molecular flexibility index (Phi) is 2.86. The summed E-state index contributed by atoms with van der Waals surface area (Å²) in [5, 5.41) is 2.16. The highest BCUT2D eigenvalue weighted by molar-refractivity contribution is 6.36. The number of hydrogen-bond acceptors (Lipinski definition) is 2. The molecule has 1 aromatic rings. The fourth-order valence-electron chi connectivity index (χ4n) is 1.45. The second-order valence-corrected chi connectivity index (χ2v) is 5.20. The van der Waals surface area contributed by atoms with Crippen LogP contribution in [0.25, 0.3) is 0 Å². The van der Waals surface area contributed by atoms with E-state index in [0.29, 0.717) is 22.3 Å². The first-order chi connectivity index (χ1) is 7.42. The minimum absolute atomic E-state index is 0.100. The maximum absolute atomic E-state index is 12.0. The van der Waals surface area contributed by atoms with Crippen LogP contribution in [0.4, 0.5) is 5.69 Å². The van der Waals surface area contributed by atoms with E-state index in [1.165, 1.54) is 5.06 Å². The summed E-state index contributed by atoms with van der Waals surface area (Å²) in [4.78, 5) is 17.3. The minimum Gasteiger partial charge on any atom is -0.271 e. The Morgan fingerprint density at radius 3 is 2.56 bits per heavy atom. The second-order valence-electron chi connectivity index (χ2n) is 4.35. The van der Waals surface area contributed by atoms with E-state index in [2.05, 4.69) is 0 Å². The van der Waals surface area contributed by atoms with Gasteiger partial charge in [0, 0.05) is 5.02 Å². The zero-order chi connectivity index (χ0) is 11.9. The Morgan fingerprint density at radius 2 is 2.06 bits per heavy atom. The van der Waals surface area contributed by atoms with E-state index in [1.54, 1.807) is 18.2 Å². The molecule has 0 atom stereocenters. The van der Waals surface area contributed by atoms with Crippen LogP contribution in [0.15, 0.2) is 18.2 Å². The van der Waals surface area contributed by atoms with Crippen LogP contribution < -0.4 is 5.06 Å². The number of benzene rings is 1. The summed E-state index contributed by atoms with van der Waals surface area (Å²) in [6, 6.07) is 4.93. The Balaban J connectivity index is 2.36. The van der Waals surface area contributed by atoms with E-state index in [-0.39, 0.29) is 5.91 Å². The van der Waals surface area contributed by atoms with Crippen LogP contribution in [-0.4, -0.2) is 12.5 Å². The van der Waals surface area contributed by atoms with Crippen LogP contribution in [0.2, 0.25) is 10.0 Å². The highest BCUT2D eigenvalue weighted by Gasteiger charge is 2.41. The molecule has 1 heterocycles. The Labute approximate surface area is 104 Å². The third kappa shape index (κ3) is 1.90. The summed E-state index contributed by atoms with van der Waals surface area (Å²) in [5.74, 6) is -0.100. The largest absolute Gasteiger partial charge is 0.271 e. The Bertz CT molecular complexity index is 446. The zero-order valence-electron chi connectivity index (χ0n) is 8.96. The molecule has 1 aliphatic heterocycles. The molecule has 0 radical (unpaired) electrons. The molecule has 1 saturated heterocycles. The van der Waals surface area contributed by atoms with Crippen molar-refractivity contribution in [1.29, 1.82) is 0 Å². The highest BCUT2D eigenvalue weighted by Crippen LogP contribution is 2.36. The standard InChI is InChI=1S/C11H11Cl2NO2/c1-11(2)6-16-14(10(11)15)9-4-3-7(12)5-8(9)13/h3-5H,6H2,1-2H3.